The number of nitrogens with one attached hydrogen (secondary N) is 2. The van der Waals surface area contributed by atoms with E-state index >= 15 is 0 Å². The summed E-state index contributed by atoms with van der Waals surface area (Å²) in [5, 5.41) is 0. The highest BCUT2D eigenvalue weighted by atomic mass is 79.9. The van der Waals surface area contributed by atoms with E-state index in [0.29, 0.717) is 11.3 Å². The van der Waals surface area contributed by atoms with Crippen molar-refractivity contribution in [1.82, 2.24) is 14.9 Å². The normalized spacial score (nSPS) is 15.1. The summed E-state index contributed by atoms with van der Waals surface area (Å²) in [6.45, 7) is 2.40. The van der Waals surface area contributed by atoms with Crippen molar-refractivity contribution in [1.29, 1.82) is 0 Å². The number of nitrogens with zero attached hydrogens (tertiary/aromatic N) is 1. The third kappa shape index (κ3) is 2.77. The molecule has 0 atom stereocenters. The molecular weight excluding hydrogens is 338 g/mol. The molecule has 0 fully saturated rings. The summed E-state index contributed by atoms with van der Waals surface area (Å²) >= 11 is 8.57. The first-order valence-corrected chi connectivity index (χ1v) is 7.64. The van der Waals surface area contributed by atoms with Gasteiger partial charge in [0, 0.05) is 36.2 Å². The van der Waals surface area contributed by atoms with E-state index in [2.05, 4.69) is 36.9 Å². The van der Waals surface area contributed by atoms with Gasteiger partial charge in [-0.25, -0.2) is 0 Å². The highest BCUT2D eigenvalue weighted by molar-refractivity contribution is 9.10. The van der Waals surface area contributed by atoms with Crippen LogP contribution in [0.2, 0.25) is 0 Å². The minimum Gasteiger partial charge on any atom is -0.335 e. The molecule has 3 rings (SSSR count). The Kier molecular flexibility index (Phi) is 3.87. The Labute approximate surface area is 130 Å². The molecule has 1 aliphatic rings. The van der Waals surface area contributed by atoms with Crippen molar-refractivity contribution in [3.63, 3.8) is 0 Å². The number of aromatic amines is 2. The summed E-state index contributed by atoms with van der Waals surface area (Å²) in [7, 11) is 0. The largest absolute Gasteiger partial charge is 0.335 e. The number of H-pyrrole nitrogens is 2. The Balaban J connectivity index is 1.84. The second-order valence-electron chi connectivity index (χ2n) is 4.92. The smallest absolute Gasteiger partial charge is 0.256 e. The number of rotatable bonds is 2. The summed E-state index contributed by atoms with van der Waals surface area (Å²) in [6.07, 6.45) is 0.827. The van der Waals surface area contributed by atoms with E-state index in [-0.39, 0.29) is 5.56 Å². The van der Waals surface area contributed by atoms with E-state index < -0.39 is 0 Å². The predicted molar refractivity (Wildman–Crippen MR) is 84.2 cm³/mol. The monoisotopic (exact) mass is 351 g/mol. The van der Waals surface area contributed by atoms with Gasteiger partial charge in [0.2, 0.25) is 0 Å². The quantitative estimate of drug-likeness (QED) is 0.818. The fraction of sp³-hybridized carbons (Fsp3) is 0.286. The van der Waals surface area contributed by atoms with Crippen LogP contribution in [0.25, 0.3) is 0 Å². The second kappa shape index (κ2) is 5.63. The van der Waals surface area contributed by atoms with Crippen LogP contribution in [0, 0.1) is 4.77 Å². The molecule has 0 aliphatic carbocycles. The SMILES string of the molecule is O=c1[nH]c(=S)[nH]c2c1CN(Cc1ccccc1Br)CC2. The van der Waals surface area contributed by atoms with E-state index in [0.717, 1.165) is 35.2 Å². The molecule has 0 bridgehead atoms. The lowest BCUT2D eigenvalue weighted by Crippen LogP contribution is -2.35. The average molecular weight is 352 g/mol. The van der Waals surface area contributed by atoms with Gasteiger partial charge in [-0.1, -0.05) is 34.1 Å². The number of hydrogen-bond acceptors (Lipinski definition) is 3. The zero-order valence-corrected chi connectivity index (χ0v) is 13.2. The number of hydrogen-bond donors (Lipinski definition) is 2. The zero-order chi connectivity index (χ0) is 14.1. The fourth-order valence-corrected chi connectivity index (χ4v) is 3.14. The minimum absolute atomic E-state index is 0.0689. The molecule has 0 radical (unpaired) electrons. The van der Waals surface area contributed by atoms with Gasteiger partial charge in [-0.2, -0.15) is 0 Å². The second-order valence-corrected chi connectivity index (χ2v) is 6.18. The van der Waals surface area contributed by atoms with Gasteiger partial charge < -0.3 is 4.98 Å². The van der Waals surface area contributed by atoms with Crippen LogP contribution >= 0.6 is 28.1 Å². The van der Waals surface area contributed by atoms with Gasteiger partial charge in [0.25, 0.3) is 5.56 Å². The van der Waals surface area contributed by atoms with Crippen LogP contribution < -0.4 is 5.56 Å². The average Bonchev–Trinajstić information content (AvgIpc) is 2.42. The highest BCUT2D eigenvalue weighted by Crippen LogP contribution is 2.21. The maximum atomic E-state index is 12.0. The van der Waals surface area contributed by atoms with Crippen molar-refractivity contribution in [2.75, 3.05) is 6.54 Å². The molecule has 6 heteroatoms. The van der Waals surface area contributed by atoms with E-state index in [4.69, 9.17) is 12.2 Å². The van der Waals surface area contributed by atoms with Crippen molar-refractivity contribution < 1.29 is 0 Å². The first-order valence-electron chi connectivity index (χ1n) is 6.43. The third-order valence-electron chi connectivity index (χ3n) is 3.54. The minimum atomic E-state index is -0.0689. The topological polar surface area (TPSA) is 51.9 Å². The highest BCUT2D eigenvalue weighted by Gasteiger charge is 2.20. The van der Waals surface area contributed by atoms with Crippen LogP contribution in [-0.2, 0) is 19.5 Å². The Morgan fingerprint density at radius 1 is 1.30 bits per heavy atom. The first kappa shape index (κ1) is 13.7. The molecule has 0 amide bonds. The van der Waals surface area contributed by atoms with Gasteiger partial charge in [0.15, 0.2) is 4.77 Å². The maximum absolute atomic E-state index is 12.0. The molecule has 1 aromatic heterocycles. The van der Waals surface area contributed by atoms with Crippen molar-refractivity contribution >= 4 is 28.1 Å². The molecule has 20 heavy (non-hydrogen) atoms. The summed E-state index contributed by atoms with van der Waals surface area (Å²) in [5.74, 6) is 0. The van der Waals surface area contributed by atoms with Crippen LogP contribution in [0.1, 0.15) is 16.8 Å². The van der Waals surface area contributed by atoms with E-state index in [1.54, 1.807) is 0 Å². The Morgan fingerprint density at radius 3 is 2.90 bits per heavy atom. The third-order valence-corrected chi connectivity index (χ3v) is 4.52. The molecular formula is C14H14BrN3OS. The molecule has 0 spiro atoms. The molecule has 0 saturated carbocycles. The summed E-state index contributed by atoms with van der Waals surface area (Å²) in [5.41, 5.74) is 2.94. The summed E-state index contributed by atoms with van der Waals surface area (Å²) in [6, 6.07) is 8.17. The summed E-state index contributed by atoms with van der Waals surface area (Å²) in [4.78, 5) is 20.0. The maximum Gasteiger partial charge on any atom is 0.256 e. The van der Waals surface area contributed by atoms with Crippen molar-refractivity contribution in [3.8, 4) is 0 Å². The number of fused-ring (bicyclic) bond motifs is 1. The Hall–Kier alpha value is -1.24. The van der Waals surface area contributed by atoms with Crippen LogP contribution in [0.5, 0.6) is 0 Å². The molecule has 2 N–H and O–H groups in total. The van der Waals surface area contributed by atoms with Gasteiger partial charge in [-0.05, 0) is 23.8 Å². The van der Waals surface area contributed by atoms with Gasteiger partial charge in [-0.3, -0.25) is 14.7 Å². The molecule has 4 nitrogen and oxygen atoms in total. The molecule has 0 saturated heterocycles. The van der Waals surface area contributed by atoms with Crippen LogP contribution in [-0.4, -0.2) is 21.4 Å². The molecule has 104 valence electrons. The molecule has 1 aliphatic heterocycles. The van der Waals surface area contributed by atoms with E-state index in [9.17, 15) is 4.79 Å². The summed E-state index contributed by atoms with van der Waals surface area (Å²) < 4.78 is 1.51. The molecule has 2 aromatic rings. The fourth-order valence-electron chi connectivity index (χ4n) is 2.52. The number of benzene rings is 1. The lowest BCUT2D eigenvalue weighted by Gasteiger charge is -2.28. The molecule has 1 aromatic carbocycles. The number of aromatic nitrogens is 2. The van der Waals surface area contributed by atoms with Gasteiger partial charge in [0.05, 0.1) is 5.56 Å². The molecule has 0 unspecified atom stereocenters. The van der Waals surface area contributed by atoms with Gasteiger partial charge in [-0.15, -0.1) is 0 Å². The Bertz CT molecular complexity index is 753. The van der Waals surface area contributed by atoms with E-state index in [1.807, 2.05) is 18.2 Å². The van der Waals surface area contributed by atoms with Crippen LogP contribution in [0.4, 0.5) is 0 Å². The number of halogens is 1. The van der Waals surface area contributed by atoms with Gasteiger partial charge in [0.1, 0.15) is 0 Å². The standard InChI is InChI=1S/C14H14BrN3OS/c15-11-4-2-1-3-9(11)7-18-6-5-12-10(8-18)13(19)17-14(20)16-12/h1-4H,5-8H2,(H2,16,17,19,20). The van der Waals surface area contributed by atoms with Gasteiger partial charge >= 0.3 is 0 Å². The zero-order valence-electron chi connectivity index (χ0n) is 10.8. The molecule has 2 heterocycles. The van der Waals surface area contributed by atoms with Crippen LogP contribution in [0.15, 0.2) is 33.5 Å². The van der Waals surface area contributed by atoms with Crippen molar-refractivity contribution in [2.24, 2.45) is 0 Å². The first-order chi connectivity index (χ1) is 9.63. The lowest BCUT2D eigenvalue weighted by atomic mass is 10.1. The lowest BCUT2D eigenvalue weighted by molar-refractivity contribution is 0.241. The van der Waals surface area contributed by atoms with Crippen molar-refractivity contribution in [2.45, 2.75) is 19.5 Å². The predicted octanol–water partition coefficient (Wildman–Crippen LogP) is 2.75. The Morgan fingerprint density at radius 2 is 2.10 bits per heavy atom. The van der Waals surface area contributed by atoms with E-state index in [1.165, 1.54) is 5.56 Å². The van der Waals surface area contributed by atoms with Crippen molar-refractivity contribution in [3.05, 3.63) is 60.7 Å². The van der Waals surface area contributed by atoms with Crippen LogP contribution in [0.3, 0.4) is 0 Å².